The molecule has 1 spiro atoms. The molecule has 2 N–H and O–H groups in total. The summed E-state index contributed by atoms with van der Waals surface area (Å²) in [6.45, 7) is 0.588. The quantitative estimate of drug-likeness (QED) is 0.653. The van der Waals surface area contributed by atoms with Gasteiger partial charge in [-0.05, 0) is 12.8 Å². The molecule has 1 heterocycles. The highest BCUT2D eigenvalue weighted by atomic mass is 16.6. The number of alkyl carbamates (subject to hydrolysis) is 1. The van der Waals surface area contributed by atoms with Crippen molar-refractivity contribution in [3.63, 3.8) is 0 Å². The zero-order valence-electron chi connectivity index (χ0n) is 7.78. The molecular formula is C9H13NO4. The second-order valence-corrected chi connectivity index (χ2v) is 4.03. The van der Waals surface area contributed by atoms with E-state index in [0.717, 1.165) is 6.42 Å². The first-order valence-corrected chi connectivity index (χ1v) is 4.81. The highest BCUT2D eigenvalue weighted by molar-refractivity contribution is 5.72. The average molecular weight is 199 g/mol. The molecule has 0 aromatic heterocycles. The SMILES string of the molecule is O=C1NCCC2(CCC(C(=O)O)C2)O1. The first kappa shape index (κ1) is 9.30. The van der Waals surface area contributed by atoms with E-state index >= 15 is 0 Å². The third kappa shape index (κ3) is 1.54. The fourth-order valence-corrected chi connectivity index (χ4v) is 2.30. The smallest absolute Gasteiger partial charge is 0.407 e. The van der Waals surface area contributed by atoms with Gasteiger partial charge in [0.15, 0.2) is 0 Å². The van der Waals surface area contributed by atoms with E-state index in [1.54, 1.807) is 0 Å². The van der Waals surface area contributed by atoms with E-state index in [4.69, 9.17) is 9.84 Å². The number of hydrogen-bond donors (Lipinski definition) is 2. The van der Waals surface area contributed by atoms with Crippen molar-refractivity contribution in [3.8, 4) is 0 Å². The molecule has 0 aromatic rings. The number of ether oxygens (including phenoxy) is 1. The van der Waals surface area contributed by atoms with E-state index in [9.17, 15) is 9.59 Å². The summed E-state index contributed by atoms with van der Waals surface area (Å²) in [6, 6.07) is 0. The minimum Gasteiger partial charge on any atom is -0.481 e. The topological polar surface area (TPSA) is 75.6 Å². The molecule has 0 aromatic carbocycles. The van der Waals surface area contributed by atoms with Crippen molar-refractivity contribution in [2.24, 2.45) is 5.92 Å². The van der Waals surface area contributed by atoms with E-state index in [0.29, 0.717) is 25.8 Å². The normalized spacial score (nSPS) is 36.6. The van der Waals surface area contributed by atoms with Gasteiger partial charge in [-0.3, -0.25) is 4.79 Å². The van der Waals surface area contributed by atoms with Crippen molar-refractivity contribution in [1.82, 2.24) is 5.32 Å². The molecule has 0 bridgehead atoms. The molecule has 2 aliphatic rings. The Hall–Kier alpha value is -1.26. The van der Waals surface area contributed by atoms with E-state index in [-0.39, 0.29) is 5.92 Å². The standard InChI is InChI=1S/C9H13NO4/c11-7(12)6-1-2-9(5-6)3-4-10-8(13)14-9/h6H,1-5H2,(H,10,13)(H,11,12). The second-order valence-electron chi connectivity index (χ2n) is 4.03. The number of nitrogens with one attached hydrogen (secondary N) is 1. The molecule has 2 atom stereocenters. The van der Waals surface area contributed by atoms with Crippen LogP contribution in [0.5, 0.6) is 0 Å². The first-order chi connectivity index (χ1) is 6.61. The van der Waals surface area contributed by atoms with Gasteiger partial charge >= 0.3 is 12.1 Å². The lowest BCUT2D eigenvalue weighted by Crippen LogP contribution is -2.46. The minimum absolute atomic E-state index is 0.346. The zero-order valence-corrected chi connectivity index (χ0v) is 7.78. The van der Waals surface area contributed by atoms with Gasteiger partial charge in [-0.15, -0.1) is 0 Å². The maximum Gasteiger partial charge on any atom is 0.407 e. The summed E-state index contributed by atoms with van der Waals surface area (Å²) in [5.41, 5.74) is -0.495. The molecule has 1 aliphatic heterocycles. The molecule has 2 unspecified atom stereocenters. The molecule has 1 saturated carbocycles. The van der Waals surface area contributed by atoms with Crippen LogP contribution in [0.15, 0.2) is 0 Å². The Kier molecular flexibility index (Phi) is 2.09. The minimum atomic E-state index is -0.781. The van der Waals surface area contributed by atoms with Gasteiger partial charge < -0.3 is 15.2 Å². The van der Waals surface area contributed by atoms with Gasteiger partial charge in [0.1, 0.15) is 5.60 Å². The maximum atomic E-state index is 11.0. The summed E-state index contributed by atoms with van der Waals surface area (Å²) >= 11 is 0. The fourth-order valence-electron chi connectivity index (χ4n) is 2.30. The van der Waals surface area contributed by atoms with Crippen LogP contribution in [-0.4, -0.2) is 29.3 Å². The number of carboxylic acids is 1. The van der Waals surface area contributed by atoms with Crippen LogP contribution in [-0.2, 0) is 9.53 Å². The Balaban J connectivity index is 2.04. The van der Waals surface area contributed by atoms with Crippen molar-refractivity contribution >= 4 is 12.1 Å². The van der Waals surface area contributed by atoms with Gasteiger partial charge in [0.2, 0.25) is 0 Å². The van der Waals surface area contributed by atoms with E-state index < -0.39 is 17.7 Å². The predicted molar refractivity (Wildman–Crippen MR) is 46.8 cm³/mol. The summed E-state index contributed by atoms with van der Waals surface area (Å²) in [5.74, 6) is -1.13. The molecule has 0 radical (unpaired) electrons. The molecule has 1 saturated heterocycles. The Labute approximate surface area is 81.4 Å². The van der Waals surface area contributed by atoms with Crippen molar-refractivity contribution in [1.29, 1.82) is 0 Å². The monoisotopic (exact) mass is 199 g/mol. The molecule has 1 aliphatic carbocycles. The number of rotatable bonds is 1. The molecule has 1 amide bonds. The molecular weight excluding hydrogens is 186 g/mol. The summed E-state index contributed by atoms with van der Waals surface area (Å²) in [5, 5.41) is 11.4. The second kappa shape index (κ2) is 3.15. The van der Waals surface area contributed by atoms with Crippen LogP contribution in [0.1, 0.15) is 25.7 Å². The summed E-state index contributed by atoms with van der Waals surface area (Å²) in [4.78, 5) is 21.8. The third-order valence-electron chi connectivity index (χ3n) is 3.08. The highest BCUT2D eigenvalue weighted by Crippen LogP contribution is 2.41. The lowest BCUT2D eigenvalue weighted by atomic mass is 9.95. The van der Waals surface area contributed by atoms with Gasteiger partial charge in [-0.2, -0.15) is 0 Å². The molecule has 5 heteroatoms. The third-order valence-corrected chi connectivity index (χ3v) is 3.08. The molecule has 2 rings (SSSR count). The van der Waals surface area contributed by atoms with E-state index in [1.807, 2.05) is 0 Å². The van der Waals surface area contributed by atoms with Gasteiger partial charge in [-0.1, -0.05) is 0 Å². The maximum absolute atomic E-state index is 11.0. The van der Waals surface area contributed by atoms with Gasteiger partial charge in [-0.25, -0.2) is 4.79 Å². The fraction of sp³-hybridized carbons (Fsp3) is 0.778. The van der Waals surface area contributed by atoms with E-state index in [2.05, 4.69) is 5.32 Å². The predicted octanol–water partition coefficient (Wildman–Crippen LogP) is 0.740. The average Bonchev–Trinajstić information content (AvgIpc) is 2.49. The molecule has 2 fully saturated rings. The van der Waals surface area contributed by atoms with Gasteiger partial charge in [0.05, 0.1) is 5.92 Å². The Bertz CT molecular complexity index is 278. The lowest BCUT2D eigenvalue weighted by molar-refractivity contribution is -0.142. The number of amides is 1. The number of carbonyl (C=O) groups is 2. The highest BCUT2D eigenvalue weighted by Gasteiger charge is 2.46. The van der Waals surface area contributed by atoms with Crippen LogP contribution < -0.4 is 5.32 Å². The summed E-state index contributed by atoms with van der Waals surface area (Å²) in [6.07, 6.45) is 2.07. The van der Waals surface area contributed by atoms with Crippen molar-refractivity contribution in [2.45, 2.75) is 31.3 Å². The number of aliphatic carboxylic acids is 1. The number of carboxylic acid groups (broad SMARTS) is 1. The lowest BCUT2D eigenvalue weighted by Gasteiger charge is -2.33. The largest absolute Gasteiger partial charge is 0.481 e. The van der Waals surface area contributed by atoms with Crippen LogP contribution in [0.2, 0.25) is 0 Å². The summed E-state index contributed by atoms with van der Waals surface area (Å²) < 4.78 is 5.20. The molecule has 78 valence electrons. The van der Waals surface area contributed by atoms with Gasteiger partial charge in [0, 0.05) is 19.4 Å². The first-order valence-electron chi connectivity index (χ1n) is 4.81. The molecule has 5 nitrogen and oxygen atoms in total. The van der Waals surface area contributed by atoms with Crippen LogP contribution in [0.4, 0.5) is 4.79 Å². The Morgan fingerprint density at radius 1 is 1.57 bits per heavy atom. The van der Waals surface area contributed by atoms with Crippen LogP contribution in [0, 0.1) is 5.92 Å². The van der Waals surface area contributed by atoms with Crippen molar-refractivity contribution in [2.75, 3.05) is 6.54 Å². The van der Waals surface area contributed by atoms with Crippen LogP contribution in [0.3, 0.4) is 0 Å². The number of hydrogen-bond acceptors (Lipinski definition) is 3. The number of carbonyl (C=O) groups excluding carboxylic acids is 1. The van der Waals surface area contributed by atoms with Crippen molar-refractivity contribution in [3.05, 3.63) is 0 Å². The zero-order chi connectivity index (χ0) is 10.2. The van der Waals surface area contributed by atoms with Crippen LogP contribution >= 0.6 is 0 Å². The van der Waals surface area contributed by atoms with E-state index in [1.165, 1.54) is 0 Å². The van der Waals surface area contributed by atoms with Gasteiger partial charge in [0.25, 0.3) is 0 Å². The summed E-state index contributed by atoms with van der Waals surface area (Å²) in [7, 11) is 0. The Morgan fingerprint density at radius 2 is 2.36 bits per heavy atom. The van der Waals surface area contributed by atoms with Crippen molar-refractivity contribution < 1.29 is 19.4 Å². The Morgan fingerprint density at radius 3 is 2.93 bits per heavy atom. The van der Waals surface area contributed by atoms with Crippen LogP contribution in [0.25, 0.3) is 0 Å². The molecule has 14 heavy (non-hydrogen) atoms.